The summed E-state index contributed by atoms with van der Waals surface area (Å²) in [6.07, 6.45) is 0. The number of rotatable bonds is 6. The maximum atomic E-state index is 5.06. The van der Waals surface area contributed by atoms with Crippen molar-refractivity contribution in [3.63, 3.8) is 0 Å². The molecule has 0 unspecified atom stereocenters. The Balaban J connectivity index is 0. The Kier molecular flexibility index (Phi) is 18.2. The summed E-state index contributed by atoms with van der Waals surface area (Å²) in [5.41, 5.74) is 0. The SMILES string of the molecule is COCCOCCOC.[CH3][Al]([CH3])[CH3]. The van der Waals surface area contributed by atoms with Gasteiger partial charge in [0.05, 0.1) is 26.4 Å². The molecule has 0 aromatic rings. The van der Waals surface area contributed by atoms with Crippen molar-refractivity contribution in [1.29, 1.82) is 0 Å². The third kappa shape index (κ3) is 32.7. The van der Waals surface area contributed by atoms with Gasteiger partial charge in [-0.15, -0.1) is 17.4 Å². The van der Waals surface area contributed by atoms with Crippen molar-refractivity contribution in [2.75, 3.05) is 40.6 Å². The van der Waals surface area contributed by atoms with Gasteiger partial charge in [0.2, 0.25) is 0 Å². The Morgan fingerprint density at radius 1 is 0.769 bits per heavy atom. The lowest BCUT2D eigenvalue weighted by atomic mass is 10.7. The molecule has 0 atom stereocenters. The second-order valence-corrected chi connectivity index (χ2v) is 6.79. The molecule has 0 fully saturated rings. The van der Waals surface area contributed by atoms with Crippen LogP contribution in [-0.2, 0) is 14.2 Å². The predicted molar refractivity (Wildman–Crippen MR) is 57.9 cm³/mol. The van der Waals surface area contributed by atoms with E-state index in [1.54, 1.807) is 14.2 Å². The van der Waals surface area contributed by atoms with Crippen molar-refractivity contribution in [2.24, 2.45) is 0 Å². The predicted octanol–water partition coefficient (Wildman–Crippen LogP) is 1.67. The molecule has 0 aromatic carbocycles. The van der Waals surface area contributed by atoms with E-state index in [1.165, 1.54) is 0 Å². The molecule has 0 amide bonds. The highest BCUT2D eigenvalue weighted by Gasteiger charge is 1.84. The van der Waals surface area contributed by atoms with Crippen LogP contribution in [0, 0.1) is 0 Å². The lowest BCUT2D eigenvalue weighted by molar-refractivity contribution is 0.0385. The van der Waals surface area contributed by atoms with Crippen LogP contribution in [0.25, 0.3) is 0 Å². The molecule has 0 N–H and O–H groups in total. The van der Waals surface area contributed by atoms with Gasteiger partial charge in [-0.25, -0.2) is 0 Å². The van der Waals surface area contributed by atoms with Crippen molar-refractivity contribution in [3.8, 4) is 0 Å². The molecule has 0 aliphatic heterocycles. The summed E-state index contributed by atoms with van der Waals surface area (Å²) in [7, 11) is 3.30. The van der Waals surface area contributed by atoms with Crippen LogP contribution in [0.3, 0.4) is 0 Å². The molecule has 0 bridgehead atoms. The molecule has 0 aliphatic rings. The highest BCUT2D eigenvalue weighted by Crippen LogP contribution is 1.75. The van der Waals surface area contributed by atoms with E-state index in [2.05, 4.69) is 17.4 Å². The Bertz CT molecular complexity index is 70.5. The fraction of sp³-hybridized carbons (Fsp3) is 1.00. The Morgan fingerprint density at radius 2 is 1.08 bits per heavy atom. The van der Waals surface area contributed by atoms with Crippen LogP contribution < -0.4 is 0 Å². The summed E-state index contributed by atoms with van der Waals surface area (Å²) < 4.78 is 14.6. The number of methoxy groups -OCH3 is 2. The molecule has 13 heavy (non-hydrogen) atoms. The highest BCUT2D eigenvalue weighted by atomic mass is 27.2. The summed E-state index contributed by atoms with van der Waals surface area (Å²) in [5, 5.41) is 0. The van der Waals surface area contributed by atoms with E-state index in [4.69, 9.17) is 14.2 Å². The zero-order valence-corrected chi connectivity index (χ0v) is 10.8. The Labute approximate surface area is 86.8 Å². The van der Waals surface area contributed by atoms with Crippen LogP contribution in [0.2, 0.25) is 17.4 Å². The fourth-order valence-electron chi connectivity index (χ4n) is 0.387. The molecule has 0 spiro atoms. The summed E-state index contributed by atoms with van der Waals surface area (Å²) in [6.45, 7) is 2.62. The molecule has 0 radical (unpaired) electrons. The van der Waals surface area contributed by atoms with Crippen LogP contribution in [0.15, 0.2) is 0 Å². The van der Waals surface area contributed by atoms with Crippen molar-refractivity contribution in [2.45, 2.75) is 17.4 Å². The minimum Gasteiger partial charge on any atom is -0.382 e. The van der Waals surface area contributed by atoms with E-state index in [9.17, 15) is 0 Å². The van der Waals surface area contributed by atoms with E-state index in [-0.39, 0.29) is 14.1 Å². The first kappa shape index (κ1) is 15.9. The van der Waals surface area contributed by atoms with Crippen molar-refractivity contribution >= 4 is 14.1 Å². The summed E-state index contributed by atoms with van der Waals surface area (Å²) in [6, 6.07) is 0. The van der Waals surface area contributed by atoms with Crippen molar-refractivity contribution < 1.29 is 14.2 Å². The first-order valence-electron chi connectivity index (χ1n) is 4.70. The molecular weight excluding hydrogens is 183 g/mol. The maximum absolute atomic E-state index is 5.06. The zero-order valence-electron chi connectivity index (χ0n) is 9.63. The molecule has 3 nitrogen and oxygen atoms in total. The van der Waals surface area contributed by atoms with Gasteiger partial charge in [-0.1, -0.05) is 0 Å². The average Bonchev–Trinajstić information content (AvgIpc) is 2.03. The number of hydrogen-bond acceptors (Lipinski definition) is 3. The monoisotopic (exact) mass is 206 g/mol. The second kappa shape index (κ2) is 14.9. The minimum absolute atomic E-state index is 0.139. The molecule has 4 heteroatoms. The number of hydrogen-bond donors (Lipinski definition) is 0. The topological polar surface area (TPSA) is 27.7 Å². The van der Waals surface area contributed by atoms with E-state index in [0.717, 1.165) is 0 Å². The van der Waals surface area contributed by atoms with E-state index < -0.39 is 0 Å². The molecular formula is C9H23AlO3. The summed E-state index contributed by atoms with van der Waals surface area (Å²) >= 11 is -0.139. The molecule has 0 saturated carbocycles. The second-order valence-electron chi connectivity index (χ2n) is 3.33. The summed E-state index contributed by atoms with van der Waals surface area (Å²) in [5.74, 6) is 6.92. The maximum Gasteiger partial charge on any atom is 0.251 e. The van der Waals surface area contributed by atoms with Gasteiger partial charge in [0.25, 0.3) is 14.1 Å². The van der Waals surface area contributed by atoms with E-state index in [0.29, 0.717) is 26.4 Å². The van der Waals surface area contributed by atoms with Crippen LogP contribution in [-0.4, -0.2) is 54.8 Å². The first-order chi connectivity index (χ1) is 6.15. The highest BCUT2D eigenvalue weighted by molar-refractivity contribution is 6.54. The van der Waals surface area contributed by atoms with E-state index >= 15 is 0 Å². The molecule has 80 valence electrons. The van der Waals surface area contributed by atoms with Crippen LogP contribution in [0.5, 0.6) is 0 Å². The van der Waals surface area contributed by atoms with Gasteiger partial charge in [-0.05, 0) is 0 Å². The standard InChI is InChI=1S/C6H14O3.3CH3.Al/c1-7-3-5-9-6-4-8-2;;;;/h3-6H2,1-2H3;3*1H3;. The Hall–Kier alpha value is 0.412. The summed E-state index contributed by atoms with van der Waals surface area (Å²) in [4.78, 5) is 0. The van der Waals surface area contributed by atoms with E-state index in [1.807, 2.05) is 0 Å². The van der Waals surface area contributed by atoms with Gasteiger partial charge in [0.15, 0.2) is 0 Å². The van der Waals surface area contributed by atoms with Gasteiger partial charge in [-0.3, -0.25) is 0 Å². The molecule has 0 saturated heterocycles. The van der Waals surface area contributed by atoms with Gasteiger partial charge in [0, 0.05) is 14.2 Å². The molecule has 0 rings (SSSR count). The average molecular weight is 206 g/mol. The first-order valence-corrected chi connectivity index (χ1v) is 8.17. The zero-order chi connectivity index (χ0) is 10.5. The van der Waals surface area contributed by atoms with Gasteiger partial charge in [-0.2, -0.15) is 0 Å². The van der Waals surface area contributed by atoms with Gasteiger partial charge in [0.1, 0.15) is 0 Å². The fourth-order valence-corrected chi connectivity index (χ4v) is 0.387. The lowest BCUT2D eigenvalue weighted by Crippen LogP contribution is -2.06. The minimum atomic E-state index is -0.139. The Morgan fingerprint density at radius 3 is 1.31 bits per heavy atom. The smallest absolute Gasteiger partial charge is 0.251 e. The quantitative estimate of drug-likeness (QED) is 0.488. The largest absolute Gasteiger partial charge is 0.382 e. The lowest BCUT2D eigenvalue weighted by Gasteiger charge is -2.00. The third-order valence-electron chi connectivity index (χ3n) is 0.864. The molecule has 0 aromatic heterocycles. The van der Waals surface area contributed by atoms with Crippen LogP contribution in [0.4, 0.5) is 0 Å². The normalized spacial score (nSPS) is 9.00. The van der Waals surface area contributed by atoms with Crippen LogP contribution in [0.1, 0.15) is 0 Å². The van der Waals surface area contributed by atoms with Crippen molar-refractivity contribution in [1.82, 2.24) is 0 Å². The third-order valence-corrected chi connectivity index (χ3v) is 0.864. The molecule has 0 heterocycles. The van der Waals surface area contributed by atoms with Gasteiger partial charge >= 0.3 is 0 Å². The number of ether oxygens (including phenoxy) is 3. The van der Waals surface area contributed by atoms with Crippen molar-refractivity contribution in [3.05, 3.63) is 0 Å². The van der Waals surface area contributed by atoms with Crippen LogP contribution >= 0.6 is 0 Å². The van der Waals surface area contributed by atoms with Gasteiger partial charge < -0.3 is 14.2 Å². The molecule has 0 aliphatic carbocycles.